The Hall–Kier alpha value is -0.480. The van der Waals surface area contributed by atoms with Gasteiger partial charge in [0.05, 0.1) is 6.42 Å². The molecule has 22 heavy (non-hydrogen) atoms. The van der Waals surface area contributed by atoms with Crippen molar-refractivity contribution in [3.05, 3.63) is 35.9 Å². The average Bonchev–Trinajstić information content (AvgIpc) is 2.48. The minimum atomic E-state index is -1.58. The number of benzene rings is 1. The Balaban J connectivity index is 1.92. The number of nitrogens with one attached hydrogen (secondary N) is 2. The summed E-state index contributed by atoms with van der Waals surface area (Å²) in [5.74, 6) is -0.161. The maximum absolute atomic E-state index is 12.2. The summed E-state index contributed by atoms with van der Waals surface area (Å²) < 4.78 is -1.58. The van der Waals surface area contributed by atoms with E-state index in [0.717, 1.165) is 18.4 Å². The van der Waals surface area contributed by atoms with Gasteiger partial charge in [-0.25, -0.2) is 0 Å². The second kappa shape index (κ2) is 8.39. The van der Waals surface area contributed by atoms with Gasteiger partial charge in [0.2, 0.25) is 9.70 Å². The molecule has 1 aromatic rings. The van der Waals surface area contributed by atoms with Crippen molar-refractivity contribution < 1.29 is 4.79 Å². The van der Waals surface area contributed by atoms with Crippen molar-refractivity contribution in [3.8, 4) is 0 Å². The van der Waals surface area contributed by atoms with Gasteiger partial charge in [0.25, 0.3) is 0 Å². The van der Waals surface area contributed by atoms with E-state index in [1.54, 1.807) is 0 Å². The van der Waals surface area contributed by atoms with E-state index in [1.807, 2.05) is 30.3 Å². The molecule has 1 saturated carbocycles. The van der Waals surface area contributed by atoms with Crippen LogP contribution < -0.4 is 10.6 Å². The van der Waals surface area contributed by atoms with E-state index >= 15 is 0 Å². The number of hydrogen-bond donors (Lipinski definition) is 2. The summed E-state index contributed by atoms with van der Waals surface area (Å²) in [4.78, 5) is 12.2. The first-order valence-corrected chi connectivity index (χ1v) is 8.74. The lowest BCUT2D eigenvalue weighted by Crippen LogP contribution is -2.57. The number of carbonyl (C=O) groups excluding carboxylic acids is 1. The predicted molar refractivity (Wildman–Crippen MR) is 92.4 cm³/mol. The molecule has 0 aromatic heterocycles. The summed E-state index contributed by atoms with van der Waals surface area (Å²) >= 11 is 18.1. The Bertz CT molecular complexity index is 470. The molecule has 3 nitrogen and oxygen atoms in total. The molecule has 0 unspecified atom stereocenters. The Kier molecular flexibility index (Phi) is 6.82. The standard InChI is InChI=1S/C16H21Cl3N2O/c17-16(18,19)15(20-13-9-5-2-6-10-13)21-14(22)11-12-7-3-1-4-8-12/h1,3-4,7-8,13,15,20H,2,5-6,9-11H2,(H,21,22)/t15-/m1/s1. The lowest BCUT2D eigenvalue weighted by atomic mass is 9.95. The lowest BCUT2D eigenvalue weighted by Gasteiger charge is -2.32. The summed E-state index contributed by atoms with van der Waals surface area (Å²) in [5, 5.41) is 6.09. The minimum absolute atomic E-state index is 0.161. The summed E-state index contributed by atoms with van der Waals surface area (Å²) in [6.07, 6.45) is 5.26. The highest BCUT2D eigenvalue weighted by atomic mass is 35.6. The van der Waals surface area contributed by atoms with Gasteiger partial charge in [-0.3, -0.25) is 10.1 Å². The molecule has 1 aromatic carbocycles. The fourth-order valence-electron chi connectivity index (χ4n) is 2.72. The Morgan fingerprint density at radius 1 is 1.14 bits per heavy atom. The zero-order valence-corrected chi connectivity index (χ0v) is 14.6. The molecule has 2 N–H and O–H groups in total. The fourth-order valence-corrected chi connectivity index (χ4v) is 3.07. The molecular formula is C16H21Cl3N2O. The van der Waals surface area contributed by atoms with Crippen molar-refractivity contribution in [2.45, 2.75) is 54.5 Å². The van der Waals surface area contributed by atoms with Crippen molar-refractivity contribution in [2.75, 3.05) is 0 Å². The highest BCUT2D eigenvalue weighted by molar-refractivity contribution is 6.68. The van der Waals surface area contributed by atoms with Crippen molar-refractivity contribution in [2.24, 2.45) is 0 Å². The van der Waals surface area contributed by atoms with E-state index in [2.05, 4.69) is 10.6 Å². The van der Waals surface area contributed by atoms with Crippen LogP contribution in [0.5, 0.6) is 0 Å². The molecule has 0 bridgehead atoms. The number of alkyl halides is 3. The number of carbonyl (C=O) groups is 1. The first kappa shape index (κ1) is 17.9. The van der Waals surface area contributed by atoms with E-state index in [4.69, 9.17) is 34.8 Å². The molecule has 1 aliphatic carbocycles. The second-order valence-corrected chi connectivity index (χ2v) is 8.08. The van der Waals surface area contributed by atoms with E-state index < -0.39 is 9.96 Å². The van der Waals surface area contributed by atoms with Crippen molar-refractivity contribution in [3.63, 3.8) is 0 Å². The van der Waals surface area contributed by atoms with Gasteiger partial charge in [-0.15, -0.1) is 0 Å². The number of rotatable bonds is 5. The molecule has 2 rings (SSSR count). The van der Waals surface area contributed by atoms with Crippen LogP contribution in [0.15, 0.2) is 30.3 Å². The van der Waals surface area contributed by atoms with Crippen molar-refractivity contribution in [1.29, 1.82) is 0 Å². The van der Waals surface area contributed by atoms with Crippen LogP contribution in [-0.4, -0.2) is 21.9 Å². The molecule has 0 spiro atoms. The zero-order chi connectivity index (χ0) is 16.0. The average molecular weight is 364 g/mol. The van der Waals surface area contributed by atoms with Gasteiger partial charge < -0.3 is 5.32 Å². The molecule has 0 saturated heterocycles. The quantitative estimate of drug-likeness (QED) is 0.614. The molecule has 1 atom stereocenters. The smallest absolute Gasteiger partial charge is 0.225 e. The van der Waals surface area contributed by atoms with Crippen LogP contribution >= 0.6 is 34.8 Å². The van der Waals surface area contributed by atoms with Crippen LogP contribution in [0, 0.1) is 0 Å². The minimum Gasteiger partial charge on any atom is -0.336 e. The van der Waals surface area contributed by atoms with Crippen LogP contribution in [0.3, 0.4) is 0 Å². The summed E-state index contributed by atoms with van der Waals surface area (Å²) in [7, 11) is 0. The van der Waals surface area contributed by atoms with E-state index in [1.165, 1.54) is 19.3 Å². The summed E-state index contributed by atoms with van der Waals surface area (Å²) in [5.41, 5.74) is 0.931. The highest BCUT2D eigenvalue weighted by Crippen LogP contribution is 2.30. The molecular weight excluding hydrogens is 343 g/mol. The molecule has 6 heteroatoms. The van der Waals surface area contributed by atoms with Crippen LogP contribution in [-0.2, 0) is 11.2 Å². The fraction of sp³-hybridized carbons (Fsp3) is 0.562. The predicted octanol–water partition coefficient (Wildman–Crippen LogP) is 3.96. The van der Waals surface area contributed by atoms with Gasteiger partial charge in [-0.1, -0.05) is 84.4 Å². The molecule has 1 fully saturated rings. The maximum Gasteiger partial charge on any atom is 0.225 e. The van der Waals surface area contributed by atoms with Crippen LogP contribution in [0.25, 0.3) is 0 Å². The van der Waals surface area contributed by atoms with Crippen molar-refractivity contribution in [1.82, 2.24) is 10.6 Å². The Labute approximate surface area is 146 Å². The molecule has 0 aliphatic heterocycles. The van der Waals surface area contributed by atoms with Crippen LogP contribution in [0.2, 0.25) is 0 Å². The van der Waals surface area contributed by atoms with Crippen LogP contribution in [0.1, 0.15) is 37.7 Å². The first-order chi connectivity index (χ1) is 10.4. The second-order valence-electron chi connectivity index (χ2n) is 5.71. The summed E-state index contributed by atoms with van der Waals surface area (Å²) in [6, 6.07) is 9.80. The van der Waals surface area contributed by atoms with E-state index in [9.17, 15) is 4.79 Å². The van der Waals surface area contributed by atoms with E-state index in [-0.39, 0.29) is 18.4 Å². The zero-order valence-electron chi connectivity index (χ0n) is 12.3. The van der Waals surface area contributed by atoms with Gasteiger partial charge in [0, 0.05) is 6.04 Å². The number of halogens is 3. The van der Waals surface area contributed by atoms with Gasteiger partial charge in [-0.05, 0) is 18.4 Å². The number of hydrogen-bond acceptors (Lipinski definition) is 2. The van der Waals surface area contributed by atoms with Gasteiger partial charge >= 0.3 is 0 Å². The van der Waals surface area contributed by atoms with Gasteiger partial charge in [-0.2, -0.15) is 0 Å². The Morgan fingerprint density at radius 2 is 1.77 bits per heavy atom. The normalized spacial score (nSPS) is 18.0. The first-order valence-electron chi connectivity index (χ1n) is 7.61. The number of amides is 1. The molecule has 122 valence electrons. The van der Waals surface area contributed by atoms with Crippen LogP contribution in [0.4, 0.5) is 0 Å². The summed E-state index contributed by atoms with van der Waals surface area (Å²) in [6.45, 7) is 0. The maximum atomic E-state index is 12.2. The molecule has 1 amide bonds. The topological polar surface area (TPSA) is 41.1 Å². The third-order valence-corrected chi connectivity index (χ3v) is 4.50. The van der Waals surface area contributed by atoms with Gasteiger partial charge in [0.15, 0.2) is 0 Å². The van der Waals surface area contributed by atoms with Crippen molar-refractivity contribution >= 4 is 40.7 Å². The third-order valence-electron chi connectivity index (χ3n) is 3.85. The highest BCUT2D eigenvalue weighted by Gasteiger charge is 2.35. The largest absolute Gasteiger partial charge is 0.336 e. The lowest BCUT2D eigenvalue weighted by molar-refractivity contribution is -0.121. The molecule has 1 aliphatic rings. The monoisotopic (exact) mass is 362 g/mol. The third kappa shape index (κ3) is 5.96. The SMILES string of the molecule is O=C(Cc1ccccc1)N[C@@H](NC1CCCCC1)C(Cl)(Cl)Cl. The Morgan fingerprint density at radius 3 is 2.36 bits per heavy atom. The van der Waals surface area contributed by atoms with E-state index in [0.29, 0.717) is 0 Å². The molecule has 0 heterocycles. The van der Waals surface area contributed by atoms with Gasteiger partial charge in [0.1, 0.15) is 6.17 Å². The molecule has 0 radical (unpaired) electrons.